The van der Waals surface area contributed by atoms with Crippen molar-refractivity contribution >= 4 is 27.6 Å². The van der Waals surface area contributed by atoms with Crippen LogP contribution in [0.25, 0.3) is 0 Å². The van der Waals surface area contributed by atoms with Gasteiger partial charge in [-0.1, -0.05) is 121 Å². The summed E-state index contributed by atoms with van der Waals surface area (Å²) in [5.74, 6) is -1.58. The van der Waals surface area contributed by atoms with Crippen LogP contribution in [0.1, 0.15) is 162 Å². The number of esters is 2. The molecule has 0 aromatic heterocycles. The minimum atomic E-state index is -4.90. The Labute approximate surface area is 370 Å². The third-order valence-corrected chi connectivity index (χ3v) is 12.0. The van der Waals surface area contributed by atoms with Gasteiger partial charge in [-0.25, -0.2) is 9.13 Å². The third kappa shape index (κ3) is 32.0. The Bertz CT molecular complexity index is 1350. The fraction of sp³-hybridized carbons (Fsp3) is 0.818. The predicted octanol–water partition coefficient (Wildman–Crippen LogP) is 8.05. The van der Waals surface area contributed by atoms with Gasteiger partial charge in [-0.15, -0.1) is 0 Å². The molecule has 0 aromatic rings. The molecule has 0 aromatic carbocycles. The minimum absolute atomic E-state index is 0.00150. The molecule has 7 N–H and O–H groups in total. The lowest BCUT2D eigenvalue weighted by Gasteiger charge is -2.21. The molecule has 62 heavy (non-hydrogen) atoms. The second-order valence-corrected chi connectivity index (χ2v) is 19.0. The van der Waals surface area contributed by atoms with Gasteiger partial charge >= 0.3 is 27.6 Å². The standard InChI is InChI=1S/C44H80O16P2/c1-3-5-7-8-9-10-11-12-13-14-15-16-17-18-23-27-43(49)56-34-38(35-59-62(54,55)58-33-37(46)32-57-61(51,52)53)60-44(50)28-24-20-19-22-26-39-40(42(48)31-41(39)47)30-29-36(45)25-21-6-4-2/h9-10,12-13,29-30,36-42,45-48H,3-8,11,14-28,31-35H2,1-2H3,(H,54,55)(H2,51,52,53)/b10-9-,13-12-,30-29+/t36-,37-,38+,39+,40+,41-,42+/m0/s1. The van der Waals surface area contributed by atoms with Gasteiger partial charge in [0.25, 0.3) is 0 Å². The van der Waals surface area contributed by atoms with Crippen LogP contribution in [-0.2, 0) is 41.8 Å². The van der Waals surface area contributed by atoms with Gasteiger partial charge < -0.3 is 44.6 Å². The Hall–Kier alpha value is -1.78. The largest absolute Gasteiger partial charge is 0.472 e. The zero-order chi connectivity index (χ0) is 46.1. The van der Waals surface area contributed by atoms with Crippen molar-refractivity contribution in [2.75, 3.05) is 26.4 Å². The molecule has 1 aliphatic rings. The van der Waals surface area contributed by atoms with Gasteiger partial charge in [-0.05, 0) is 63.7 Å². The predicted molar refractivity (Wildman–Crippen MR) is 237 cm³/mol. The Morgan fingerprint density at radius 1 is 0.661 bits per heavy atom. The first-order valence-electron chi connectivity index (χ1n) is 22.9. The van der Waals surface area contributed by atoms with Crippen LogP contribution in [0.3, 0.4) is 0 Å². The summed E-state index contributed by atoms with van der Waals surface area (Å²) < 4.78 is 47.8. The second-order valence-electron chi connectivity index (χ2n) is 16.3. The number of unbranched alkanes of at least 4 members (excludes halogenated alkanes) is 13. The van der Waals surface area contributed by atoms with Crippen LogP contribution in [0.15, 0.2) is 36.5 Å². The fourth-order valence-corrected chi connectivity index (χ4v) is 8.22. The summed E-state index contributed by atoms with van der Waals surface area (Å²) in [5, 5.41) is 41.2. The topological polar surface area (TPSA) is 256 Å². The quantitative estimate of drug-likeness (QED) is 0.0133. The lowest BCUT2D eigenvalue weighted by atomic mass is 9.88. The fourth-order valence-electron chi connectivity index (χ4n) is 7.06. The molecule has 1 unspecified atom stereocenters. The second kappa shape index (κ2) is 35.5. The van der Waals surface area contributed by atoms with E-state index >= 15 is 0 Å². The summed E-state index contributed by atoms with van der Waals surface area (Å²) in [5.41, 5.74) is 0. The normalized spacial score (nSPS) is 20.9. The lowest BCUT2D eigenvalue weighted by molar-refractivity contribution is -0.161. The number of phosphoric ester groups is 2. The van der Waals surface area contributed by atoms with E-state index in [1.54, 1.807) is 6.08 Å². The third-order valence-electron chi connectivity index (χ3n) is 10.6. The first kappa shape index (κ1) is 58.2. The van der Waals surface area contributed by atoms with E-state index in [1.165, 1.54) is 19.3 Å². The van der Waals surface area contributed by atoms with Crippen molar-refractivity contribution in [1.82, 2.24) is 0 Å². The highest BCUT2D eigenvalue weighted by atomic mass is 31.2. The summed E-state index contributed by atoms with van der Waals surface area (Å²) >= 11 is 0. The molecule has 0 saturated heterocycles. The van der Waals surface area contributed by atoms with Gasteiger partial charge in [0.1, 0.15) is 12.7 Å². The molecule has 1 fully saturated rings. The van der Waals surface area contributed by atoms with Gasteiger partial charge in [0, 0.05) is 25.2 Å². The van der Waals surface area contributed by atoms with Crippen molar-refractivity contribution in [3.8, 4) is 0 Å². The molecule has 0 bridgehead atoms. The van der Waals surface area contributed by atoms with E-state index in [9.17, 15) is 44.0 Å². The summed E-state index contributed by atoms with van der Waals surface area (Å²) in [6.07, 6.45) is 26.2. The van der Waals surface area contributed by atoms with Crippen molar-refractivity contribution in [2.45, 2.75) is 192 Å². The number of carbonyl (C=O) groups excluding carboxylic acids is 2. The van der Waals surface area contributed by atoms with E-state index in [0.29, 0.717) is 32.1 Å². The van der Waals surface area contributed by atoms with Crippen LogP contribution in [0.5, 0.6) is 0 Å². The highest BCUT2D eigenvalue weighted by Crippen LogP contribution is 2.44. The molecule has 1 aliphatic carbocycles. The number of hydrogen-bond acceptors (Lipinski definition) is 13. The van der Waals surface area contributed by atoms with Crippen LogP contribution in [0.2, 0.25) is 0 Å². The highest BCUT2D eigenvalue weighted by molar-refractivity contribution is 7.47. The van der Waals surface area contributed by atoms with Crippen molar-refractivity contribution in [3.05, 3.63) is 36.5 Å². The van der Waals surface area contributed by atoms with Crippen LogP contribution < -0.4 is 0 Å². The molecule has 0 amide bonds. The zero-order valence-electron chi connectivity index (χ0n) is 37.3. The van der Waals surface area contributed by atoms with Gasteiger partial charge in [-0.3, -0.25) is 23.2 Å². The molecule has 0 heterocycles. The van der Waals surface area contributed by atoms with Crippen LogP contribution in [0, 0.1) is 11.8 Å². The molecule has 0 spiro atoms. The number of aliphatic hydroxyl groups excluding tert-OH is 4. The number of ether oxygens (including phenoxy) is 2. The van der Waals surface area contributed by atoms with Crippen molar-refractivity contribution in [3.63, 3.8) is 0 Å². The number of rotatable bonds is 39. The lowest BCUT2D eigenvalue weighted by Crippen LogP contribution is -2.30. The number of allylic oxidation sites excluding steroid dienone is 4. The van der Waals surface area contributed by atoms with Crippen LogP contribution in [-0.4, -0.2) is 104 Å². The van der Waals surface area contributed by atoms with E-state index < -0.39 is 84.5 Å². The summed E-state index contributed by atoms with van der Waals surface area (Å²) in [6, 6.07) is 0. The Morgan fingerprint density at radius 2 is 1.23 bits per heavy atom. The Balaban J connectivity index is 2.55. The van der Waals surface area contributed by atoms with Gasteiger partial charge in [-0.2, -0.15) is 0 Å². The monoisotopic (exact) mass is 926 g/mol. The molecule has 0 aliphatic heterocycles. The van der Waals surface area contributed by atoms with Gasteiger partial charge in [0.15, 0.2) is 6.10 Å². The van der Waals surface area contributed by atoms with E-state index in [2.05, 4.69) is 47.2 Å². The maximum absolute atomic E-state index is 12.8. The Kier molecular flexibility index (Phi) is 33.3. The van der Waals surface area contributed by atoms with E-state index in [1.807, 2.05) is 6.08 Å². The SMILES string of the molecule is CCCCC/C=C\C/C=C\CCCCCCCC(=O)OC[C@H](COP(=O)(O)OC[C@@H](O)COP(=O)(O)O)OC(=O)CCCCCC[C@@H]1[C@@H](/C=C/[C@@H](O)CCCCC)[C@H](O)C[C@@H]1O. The summed E-state index contributed by atoms with van der Waals surface area (Å²) in [4.78, 5) is 53.0. The molecule has 362 valence electrons. The zero-order valence-corrected chi connectivity index (χ0v) is 39.1. The maximum Gasteiger partial charge on any atom is 0.472 e. The van der Waals surface area contributed by atoms with Gasteiger partial charge in [0.05, 0.1) is 38.1 Å². The molecule has 1 saturated carbocycles. The van der Waals surface area contributed by atoms with Crippen molar-refractivity contribution in [2.24, 2.45) is 11.8 Å². The van der Waals surface area contributed by atoms with E-state index in [4.69, 9.17) is 23.8 Å². The minimum Gasteiger partial charge on any atom is -0.462 e. The molecule has 0 radical (unpaired) electrons. The number of hydrogen-bond donors (Lipinski definition) is 7. The molecule has 8 atom stereocenters. The van der Waals surface area contributed by atoms with Crippen LogP contribution in [0.4, 0.5) is 0 Å². The smallest absolute Gasteiger partial charge is 0.462 e. The van der Waals surface area contributed by atoms with Crippen molar-refractivity contribution < 1.29 is 76.9 Å². The Morgan fingerprint density at radius 3 is 1.89 bits per heavy atom. The first-order chi connectivity index (χ1) is 29.6. The average Bonchev–Trinajstić information content (AvgIpc) is 3.49. The average molecular weight is 927 g/mol. The van der Waals surface area contributed by atoms with Gasteiger partial charge in [0.2, 0.25) is 0 Å². The molecule has 1 rings (SSSR count). The van der Waals surface area contributed by atoms with E-state index in [-0.39, 0.29) is 31.1 Å². The molecule has 16 nitrogen and oxygen atoms in total. The number of aliphatic hydroxyl groups is 4. The maximum atomic E-state index is 12.8. The first-order valence-corrected chi connectivity index (χ1v) is 26.0. The summed E-state index contributed by atoms with van der Waals surface area (Å²) in [7, 11) is -9.77. The highest BCUT2D eigenvalue weighted by Gasteiger charge is 2.39. The van der Waals surface area contributed by atoms with Crippen LogP contribution >= 0.6 is 15.6 Å². The molecular formula is C44H80O16P2. The van der Waals surface area contributed by atoms with E-state index in [0.717, 1.165) is 77.0 Å². The molecule has 18 heteroatoms. The molecular weight excluding hydrogens is 846 g/mol. The van der Waals surface area contributed by atoms with Crippen molar-refractivity contribution in [1.29, 1.82) is 0 Å². The number of phosphoric acid groups is 2. The summed E-state index contributed by atoms with van der Waals surface area (Å²) in [6.45, 7) is 1.38. The number of carbonyl (C=O) groups is 2.